The number of carbonyl (C=O) groups excluding carboxylic acids is 1. The van der Waals surface area contributed by atoms with Crippen molar-refractivity contribution in [3.63, 3.8) is 0 Å². The Kier molecular flexibility index (Phi) is 5.31. The summed E-state index contributed by atoms with van der Waals surface area (Å²) in [5.74, 6) is 2.04. The molecule has 2 atom stereocenters. The Bertz CT molecular complexity index is 467. The molecule has 1 aromatic carbocycles. The zero-order valence-electron chi connectivity index (χ0n) is 12.3. The highest BCUT2D eigenvalue weighted by Gasteiger charge is 2.35. The van der Waals surface area contributed by atoms with Gasteiger partial charge in [0.05, 0.1) is 13.7 Å². The van der Waals surface area contributed by atoms with Crippen molar-refractivity contribution in [2.24, 2.45) is 0 Å². The molecule has 0 radical (unpaired) electrons. The van der Waals surface area contributed by atoms with Crippen LogP contribution in [0.25, 0.3) is 0 Å². The predicted molar refractivity (Wildman–Crippen MR) is 83.0 cm³/mol. The number of nitrogens with zero attached hydrogens (tertiary/aromatic N) is 1. The Morgan fingerprint density at radius 1 is 1.50 bits per heavy atom. The van der Waals surface area contributed by atoms with Gasteiger partial charge in [0.1, 0.15) is 11.9 Å². The minimum absolute atomic E-state index is 0.0875. The van der Waals surface area contributed by atoms with Gasteiger partial charge in [0.2, 0.25) is 5.91 Å². The van der Waals surface area contributed by atoms with Gasteiger partial charge in [-0.2, -0.15) is 11.8 Å². The average molecular weight is 294 g/mol. The second-order valence-corrected chi connectivity index (χ2v) is 5.94. The van der Waals surface area contributed by atoms with Crippen molar-refractivity contribution in [1.29, 1.82) is 0 Å². The molecule has 5 heteroatoms. The number of amides is 1. The van der Waals surface area contributed by atoms with Gasteiger partial charge in [-0.1, -0.05) is 18.2 Å². The maximum Gasteiger partial charge on any atom is 0.238 e. The van der Waals surface area contributed by atoms with Crippen molar-refractivity contribution >= 4 is 17.7 Å². The molecule has 20 heavy (non-hydrogen) atoms. The Balaban J connectivity index is 2.23. The van der Waals surface area contributed by atoms with Crippen LogP contribution in [0.5, 0.6) is 5.75 Å². The standard InChI is InChI=1S/C15H22N2O2S/c1-11(8-9-20-3)17-14(18)10-16-15(17)12-6-4-5-7-13(12)19-2/h4-7,11,15-16H,8-10H2,1-3H3. The number of hydrogen-bond donors (Lipinski definition) is 1. The van der Waals surface area contributed by atoms with Gasteiger partial charge >= 0.3 is 0 Å². The molecule has 0 spiro atoms. The van der Waals surface area contributed by atoms with E-state index in [-0.39, 0.29) is 18.1 Å². The number of methoxy groups -OCH3 is 1. The molecule has 2 unspecified atom stereocenters. The van der Waals surface area contributed by atoms with E-state index in [1.165, 1.54) is 0 Å². The number of benzene rings is 1. The fraction of sp³-hybridized carbons (Fsp3) is 0.533. The van der Waals surface area contributed by atoms with Gasteiger partial charge in [0.15, 0.2) is 0 Å². The first-order valence-corrected chi connectivity index (χ1v) is 8.24. The molecule has 1 N–H and O–H groups in total. The van der Waals surface area contributed by atoms with E-state index in [0.29, 0.717) is 6.54 Å². The van der Waals surface area contributed by atoms with Crippen molar-refractivity contribution in [1.82, 2.24) is 10.2 Å². The van der Waals surface area contributed by atoms with E-state index in [9.17, 15) is 4.79 Å². The van der Waals surface area contributed by atoms with E-state index >= 15 is 0 Å². The molecule has 1 fully saturated rings. The highest BCUT2D eigenvalue weighted by Crippen LogP contribution is 2.32. The lowest BCUT2D eigenvalue weighted by Crippen LogP contribution is -2.38. The summed E-state index contributed by atoms with van der Waals surface area (Å²) in [4.78, 5) is 14.1. The molecule has 110 valence electrons. The first kappa shape index (κ1) is 15.2. The fourth-order valence-electron chi connectivity index (χ4n) is 2.60. The van der Waals surface area contributed by atoms with Gasteiger partial charge in [-0.15, -0.1) is 0 Å². The van der Waals surface area contributed by atoms with Gasteiger partial charge in [-0.3, -0.25) is 10.1 Å². The lowest BCUT2D eigenvalue weighted by Gasteiger charge is -2.31. The molecule has 2 rings (SSSR count). The van der Waals surface area contributed by atoms with E-state index in [4.69, 9.17) is 4.74 Å². The summed E-state index contributed by atoms with van der Waals surface area (Å²) in [5, 5.41) is 3.29. The van der Waals surface area contributed by atoms with Crippen LogP contribution in [0.2, 0.25) is 0 Å². The third kappa shape index (κ3) is 3.10. The Morgan fingerprint density at radius 3 is 2.95 bits per heavy atom. The molecular weight excluding hydrogens is 272 g/mol. The highest BCUT2D eigenvalue weighted by atomic mass is 32.2. The van der Waals surface area contributed by atoms with E-state index < -0.39 is 0 Å². The summed E-state index contributed by atoms with van der Waals surface area (Å²) in [6.45, 7) is 2.51. The molecule has 1 saturated heterocycles. The zero-order chi connectivity index (χ0) is 14.5. The predicted octanol–water partition coefficient (Wildman–Crippen LogP) is 2.27. The monoisotopic (exact) mass is 294 g/mol. The summed E-state index contributed by atoms with van der Waals surface area (Å²) in [5.41, 5.74) is 1.02. The third-order valence-corrected chi connectivity index (χ3v) is 4.30. The van der Waals surface area contributed by atoms with Crippen LogP contribution in [0, 0.1) is 0 Å². The number of nitrogens with one attached hydrogen (secondary N) is 1. The van der Waals surface area contributed by atoms with Crippen LogP contribution < -0.4 is 10.1 Å². The van der Waals surface area contributed by atoms with Gasteiger partial charge in [-0.05, 0) is 31.4 Å². The molecule has 0 saturated carbocycles. The lowest BCUT2D eigenvalue weighted by molar-refractivity contribution is -0.130. The molecule has 1 aliphatic rings. The van der Waals surface area contributed by atoms with Crippen LogP contribution in [0.4, 0.5) is 0 Å². The van der Waals surface area contributed by atoms with Crippen molar-refractivity contribution in [3.05, 3.63) is 29.8 Å². The molecule has 1 amide bonds. The van der Waals surface area contributed by atoms with Crippen molar-refractivity contribution in [2.75, 3.05) is 25.7 Å². The average Bonchev–Trinajstić information content (AvgIpc) is 2.86. The number of para-hydroxylation sites is 1. The Hall–Kier alpha value is -1.20. The van der Waals surface area contributed by atoms with Gasteiger partial charge < -0.3 is 9.64 Å². The van der Waals surface area contributed by atoms with Crippen molar-refractivity contribution in [2.45, 2.75) is 25.6 Å². The number of ether oxygens (including phenoxy) is 1. The topological polar surface area (TPSA) is 41.6 Å². The smallest absolute Gasteiger partial charge is 0.238 e. The summed E-state index contributed by atoms with van der Waals surface area (Å²) in [6, 6.07) is 8.10. The fourth-order valence-corrected chi connectivity index (χ4v) is 3.17. The summed E-state index contributed by atoms with van der Waals surface area (Å²) in [7, 11) is 1.66. The maximum atomic E-state index is 12.2. The maximum absolute atomic E-state index is 12.2. The van der Waals surface area contributed by atoms with Crippen LogP contribution in [0.15, 0.2) is 24.3 Å². The van der Waals surface area contributed by atoms with E-state index in [1.807, 2.05) is 40.9 Å². The van der Waals surface area contributed by atoms with E-state index in [2.05, 4.69) is 18.5 Å². The molecule has 4 nitrogen and oxygen atoms in total. The Morgan fingerprint density at radius 2 is 2.25 bits per heavy atom. The van der Waals surface area contributed by atoms with E-state index in [0.717, 1.165) is 23.5 Å². The minimum atomic E-state index is -0.0875. The van der Waals surface area contributed by atoms with E-state index in [1.54, 1.807) is 7.11 Å². The third-order valence-electron chi connectivity index (χ3n) is 3.66. The van der Waals surface area contributed by atoms with Crippen LogP contribution in [-0.4, -0.2) is 42.5 Å². The largest absolute Gasteiger partial charge is 0.496 e. The van der Waals surface area contributed by atoms with Crippen LogP contribution in [0.3, 0.4) is 0 Å². The van der Waals surface area contributed by atoms with Crippen LogP contribution in [0.1, 0.15) is 25.1 Å². The quantitative estimate of drug-likeness (QED) is 0.874. The normalized spacial score (nSPS) is 20.2. The first-order chi connectivity index (χ1) is 9.69. The van der Waals surface area contributed by atoms with Gasteiger partial charge in [-0.25, -0.2) is 0 Å². The molecule has 0 aliphatic carbocycles. The summed E-state index contributed by atoms with van der Waals surface area (Å²) >= 11 is 1.81. The molecule has 1 heterocycles. The van der Waals surface area contributed by atoms with Crippen LogP contribution in [-0.2, 0) is 4.79 Å². The second-order valence-electron chi connectivity index (χ2n) is 4.96. The minimum Gasteiger partial charge on any atom is -0.496 e. The molecule has 0 bridgehead atoms. The van der Waals surface area contributed by atoms with Crippen LogP contribution >= 0.6 is 11.8 Å². The number of hydrogen-bond acceptors (Lipinski definition) is 4. The lowest BCUT2D eigenvalue weighted by atomic mass is 10.1. The summed E-state index contributed by atoms with van der Waals surface area (Å²) < 4.78 is 5.42. The Labute approximate surface area is 124 Å². The van der Waals surface area contributed by atoms with Gasteiger partial charge in [0.25, 0.3) is 0 Å². The number of carbonyl (C=O) groups is 1. The SMILES string of the molecule is COc1ccccc1C1NCC(=O)N1C(C)CCSC. The first-order valence-electron chi connectivity index (χ1n) is 6.85. The molecule has 1 aromatic rings. The summed E-state index contributed by atoms with van der Waals surface area (Å²) in [6.07, 6.45) is 3.00. The highest BCUT2D eigenvalue weighted by molar-refractivity contribution is 7.98. The van der Waals surface area contributed by atoms with Crippen molar-refractivity contribution in [3.8, 4) is 5.75 Å². The molecule has 0 aromatic heterocycles. The number of thioether (sulfide) groups is 1. The van der Waals surface area contributed by atoms with Gasteiger partial charge in [0, 0.05) is 11.6 Å². The zero-order valence-corrected chi connectivity index (χ0v) is 13.1. The van der Waals surface area contributed by atoms with Crippen molar-refractivity contribution < 1.29 is 9.53 Å². The molecule has 1 aliphatic heterocycles. The number of rotatable bonds is 6. The molecular formula is C15H22N2O2S. The second kappa shape index (κ2) is 6.99.